The van der Waals surface area contributed by atoms with E-state index in [1.165, 1.54) is 0 Å². The molecule has 0 aliphatic carbocycles. The van der Waals surface area contributed by atoms with Crippen LogP contribution in [-0.4, -0.2) is 49.1 Å². The van der Waals surface area contributed by atoms with Crippen LogP contribution in [0.15, 0.2) is 0 Å². The molecule has 0 saturated carbocycles. The van der Waals surface area contributed by atoms with Gasteiger partial charge in [-0.25, -0.2) is 0 Å². The number of hydrogen-bond acceptors (Lipinski definition) is 3. The van der Waals surface area contributed by atoms with Crippen LogP contribution in [0.1, 0.15) is 39.5 Å². The highest BCUT2D eigenvalue weighted by Crippen LogP contribution is 2.19. The van der Waals surface area contributed by atoms with E-state index >= 15 is 0 Å². The van der Waals surface area contributed by atoms with Gasteiger partial charge in [-0.15, -0.1) is 0 Å². The Bertz CT molecular complexity index is 351. The van der Waals surface area contributed by atoms with Gasteiger partial charge in [-0.05, 0) is 25.2 Å². The molecule has 2 amide bonds. The molecule has 0 unspecified atom stereocenters. The molecule has 5 nitrogen and oxygen atoms in total. The minimum Gasteiger partial charge on any atom is -0.376 e. The molecule has 5 heteroatoms. The average molecular weight is 282 g/mol. The molecule has 2 aliphatic heterocycles. The van der Waals surface area contributed by atoms with Gasteiger partial charge in [0.2, 0.25) is 11.8 Å². The molecule has 2 rings (SSSR count). The molecule has 1 N–H and O–H groups in total. The Morgan fingerprint density at radius 2 is 2.30 bits per heavy atom. The number of carbonyl (C=O) groups excluding carboxylic acids is 2. The second-order valence-corrected chi connectivity index (χ2v) is 6.30. The van der Waals surface area contributed by atoms with Crippen molar-refractivity contribution in [2.45, 2.75) is 45.6 Å². The summed E-state index contributed by atoms with van der Waals surface area (Å²) in [4.78, 5) is 25.8. The summed E-state index contributed by atoms with van der Waals surface area (Å²) in [6.45, 7) is 7.01. The Labute approximate surface area is 121 Å². The van der Waals surface area contributed by atoms with Gasteiger partial charge in [-0.1, -0.05) is 13.8 Å². The number of likely N-dealkylation sites (tertiary alicyclic amines) is 1. The highest BCUT2D eigenvalue weighted by atomic mass is 16.5. The van der Waals surface area contributed by atoms with E-state index in [0.29, 0.717) is 25.4 Å². The van der Waals surface area contributed by atoms with E-state index in [0.717, 1.165) is 32.4 Å². The molecule has 2 aliphatic rings. The third kappa shape index (κ3) is 4.20. The molecule has 114 valence electrons. The second kappa shape index (κ2) is 7.07. The lowest BCUT2D eigenvalue weighted by atomic mass is 10.1. The maximum absolute atomic E-state index is 12.1. The third-order valence-corrected chi connectivity index (χ3v) is 4.09. The SMILES string of the molecule is CC(C)CCN1C[C@H](C(=O)NC[C@@H]2CCCO2)CC1=O. The lowest BCUT2D eigenvalue weighted by molar-refractivity contribution is -0.129. The molecule has 2 fully saturated rings. The summed E-state index contributed by atoms with van der Waals surface area (Å²) in [6.07, 6.45) is 3.61. The largest absolute Gasteiger partial charge is 0.376 e. The second-order valence-electron chi connectivity index (χ2n) is 6.30. The first kappa shape index (κ1) is 15.3. The Morgan fingerprint density at radius 1 is 1.50 bits per heavy atom. The molecule has 2 atom stereocenters. The lowest BCUT2D eigenvalue weighted by Gasteiger charge is -2.18. The van der Waals surface area contributed by atoms with Crippen molar-refractivity contribution < 1.29 is 14.3 Å². The Kier molecular flexibility index (Phi) is 5.40. The van der Waals surface area contributed by atoms with Crippen molar-refractivity contribution in [3.8, 4) is 0 Å². The maximum Gasteiger partial charge on any atom is 0.225 e. The van der Waals surface area contributed by atoms with E-state index in [1.807, 2.05) is 4.90 Å². The van der Waals surface area contributed by atoms with E-state index in [2.05, 4.69) is 19.2 Å². The fourth-order valence-corrected chi connectivity index (χ4v) is 2.74. The highest BCUT2D eigenvalue weighted by molar-refractivity contribution is 5.89. The van der Waals surface area contributed by atoms with Crippen LogP contribution in [0.25, 0.3) is 0 Å². The van der Waals surface area contributed by atoms with Crippen molar-refractivity contribution in [1.29, 1.82) is 0 Å². The number of rotatable bonds is 6. The monoisotopic (exact) mass is 282 g/mol. The zero-order chi connectivity index (χ0) is 14.5. The van der Waals surface area contributed by atoms with Crippen LogP contribution in [0, 0.1) is 11.8 Å². The fourth-order valence-electron chi connectivity index (χ4n) is 2.74. The summed E-state index contributed by atoms with van der Waals surface area (Å²) in [5, 5.41) is 2.93. The first-order chi connectivity index (χ1) is 9.56. The number of nitrogens with one attached hydrogen (secondary N) is 1. The first-order valence-corrected chi connectivity index (χ1v) is 7.73. The van der Waals surface area contributed by atoms with Crippen LogP contribution in [0.2, 0.25) is 0 Å². The predicted octanol–water partition coefficient (Wildman–Crippen LogP) is 1.18. The maximum atomic E-state index is 12.1. The molecule has 20 heavy (non-hydrogen) atoms. The van der Waals surface area contributed by atoms with Gasteiger partial charge < -0.3 is 15.0 Å². The summed E-state index contributed by atoms with van der Waals surface area (Å²) in [6, 6.07) is 0. The van der Waals surface area contributed by atoms with Gasteiger partial charge in [-0.2, -0.15) is 0 Å². The van der Waals surface area contributed by atoms with Gasteiger partial charge in [0.1, 0.15) is 0 Å². The molecule has 2 heterocycles. The topological polar surface area (TPSA) is 58.6 Å². The zero-order valence-corrected chi connectivity index (χ0v) is 12.6. The van der Waals surface area contributed by atoms with Crippen LogP contribution in [0.4, 0.5) is 0 Å². The number of carbonyl (C=O) groups is 2. The van der Waals surface area contributed by atoms with Crippen molar-refractivity contribution in [1.82, 2.24) is 10.2 Å². The summed E-state index contributed by atoms with van der Waals surface area (Å²) < 4.78 is 5.48. The van der Waals surface area contributed by atoms with Crippen molar-refractivity contribution in [3.63, 3.8) is 0 Å². The van der Waals surface area contributed by atoms with Crippen molar-refractivity contribution in [2.24, 2.45) is 11.8 Å². The van der Waals surface area contributed by atoms with Crippen molar-refractivity contribution >= 4 is 11.8 Å². The quantitative estimate of drug-likeness (QED) is 0.796. The highest BCUT2D eigenvalue weighted by Gasteiger charge is 2.34. The van der Waals surface area contributed by atoms with Crippen LogP contribution in [-0.2, 0) is 14.3 Å². The molecule has 0 aromatic carbocycles. The molecular formula is C15H26N2O3. The average Bonchev–Trinajstić information content (AvgIpc) is 3.03. The standard InChI is InChI=1S/C15H26N2O3/c1-11(2)5-6-17-10-12(8-14(17)18)15(19)16-9-13-4-3-7-20-13/h11-13H,3-10H2,1-2H3,(H,16,19)/t12-,13+/m1/s1. The van der Waals surface area contributed by atoms with E-state index in [9.17, 15) is 9.59 Å². The van der Waals surface area contributed by atoms with Gasteiger partial charge >= 0.3 is 0 Å². The number of ether oxygens (including phenoxy) is 1. The molecular weight excluding hydrogens is 256 g/mol. The van der Waals surface area contributed by atoms with Crippen LogP contribution < -0.4 is 5.32 Å². The summed E-state index contributed by atoms with van der Waals surface area (Å²) in [5.41, 5.74) is 0. The van der Waals surface area contributed by atoms with E-state index in [-0.39, 0.29) is 23.8 Å². The van der Waals surface area contributed by atoms with Gasteiger partial charge in [0.05, 0.1) is 12.0 Å². The number of amides is 2. The minimum absolute atomic E-state index is 0.000830. The van der Waals surface area contributed by atoms with Gasteiger partial charge in [0.15, 0.2) is 0 Å². The van der Waals surface area contributed by atoms with E-state index < -0.39 is 0 Å². The lowest BCUT2D eigenvalue weighted by Crippen LogP contribution is -2.37. The predicted molar refractivity (Wildman–Crippen MR) is 76.1 cm³/mol. The minimum atomic E-state index is -0.184. The first-order valence-electron chi connectivity index (χ1n) is 7.73. The molecule has 0 aromatic rings. The van der Waals surface area contributed by atoms with Gasteiger partial charge in [0.25, 0.3) is 0 Å². The molecule has 0 radical (unpaired) electrons. The fraction of sp³-hybridized carbons (Fsp3) is 0.867. The molecule has 0 spiro atoms. The van der Waals surface area contributed by atoms with Crippen molar-refractivity contribution in [2.75, 3.05) is 26.2 Å². The Hall–Kier alpha value is -1.10. The van der Waals surface area contributed by atoms with E-state index in [1.54, 1.807) is 0 Å². The summed E-state index contributed by atoms with van der Waals surface area (Å²) in [5.74, 6) is 0.509. The smallest absolute Gasteiger partial charge is 0.225 e. The Morgan fingerprint density at radius 3 is 2.95 bits per heavy atom. The molecule has 2 saturated heterocycles. The number of hydrogen-bond donors (Lipinski definition) is 1. The summed E-state index contributed by atoms with van der Waals surface area (Å²) >= 11 is 0. The number of nitrogens with zero attached hydrogens (tertiary/aromatic N) is 1. The third-order valence-electron chi connectivity index (χ3n) is 4.09. The summed E-state index contributed by atoms with van der Waals surface area (Å²) in [7, 11) is 0. The van der Waals surface area contributed by atoms with Gasteiger partial charge in [-0.3, -0.25) is 9.59 Å². The van der Waals surface area contributed by atoms with Gasteiger partial charge in [0, 0.05) is 32.7 Å². The van der Waals surface area contributed by atoms with Crippen LogP contribution >= 0.6 is 0 Å². The molecule has 0 aromatic heterocycles. The normalized spacial score (nSPS) is 26.6. The van der Waals surface area contributed by atoms with Crippen LogP contribution in [0.5, 0.6) is 0 Å². The van der Waals surface area contributed by atoms with Crippen molar-refractivity contribution in [3.05, 3.63) is 0 Å². The zero-order valence-electron chi connectivity index (χ0n) is 12.6. The van der Waals surface area contributed by atoms with E-state index in [4.69, 9.17) is 4.74 Å². The van der Waals surface area contributed by atoms with Crippen LogP contribution in [0.3, 0.4) is 0 Å². The molecule has 0 bridgehead atoms. The Balaban J connectivity index is 1.72.